The molecule has 1 heterocycles. The Bertz CT molecular complexity index is 647. The summed E-state index contributed by atoms with van der Waals surface area (Å²) >= 11 is 6.34. The number of pyridine rings is 1. The Kier molecular flexibility index (Phi) is 4.62. The third-order valence-corrected chi connectivity index (χ3v) is 3.53. The molecule has 1 aromatic carbocycles. The fourth-order valence-electron chi connectivity index (χ4n) is 2.22. The SMILES string of the molecule is CCOc1cc2cc(C(C)(C)C)c(Cl)nc2cc1OCC. The van der Waals surface area contributed by atoms with Crippen LogP contribution in [0.3, 0.4) is 0 Å². The summed E-state index contributed by atoms with van der Waals surface area (Å²) < 4.78 is 11.3. The van der Waals surface area contributed by atoms with Crippen molar-refractivity contribution < 1.29 is 9.47 Å². The lowest BCUT2D eigenvalue weighted by Crippen LogP contribution is -2.12. The minimum Gasteiger partial charge on any atom is -0.490 e. The molecule has 0 radical (unpaired) electrons. The summed E-state index contributed by atoms with van der Waals surface area (Å²) in [6, 6.07) is 5.95. The van der Waals surface area contributed by atoms with Crippen LogP contribution in [0.4, 0.5) is 0 Å². The van der Waals surface area contributed by atoms with Gasteiger partial charge in [0.2, 0.25) is 0 Å². The van der Waals surface area contributed by atoms with Crippen LogP contribution in [0.1, 0.15) is 40.2 Å². The molecule has 114 valence electrons. The van der Waals surface area contributed by atoms with E-state index in [9.17, 15) is 0 Å². The van der Waals surface area contributed by atoms with E-state index in [-0.39, 0.29) is 5.41 Å². The number of fused-ring (bicyclic) bond motifs is 1. The van der Waals surface area contributed by atoms with Gasteiger partial charge in [-0.1, -0.05) is 32.4 Å². The third-order valence-electron chi connectivity index (χ3n) is 3.24. The van der Waals surface area contributed by atoms with Crippen molar-refractivity contribution >= 4 is 22.5 Å². The molecule has 0 aliphatic carbocycles. The van der Waals surface area contributed by atoms with Crippen LogP contribution in [0.15, 0.2) is 18.2 Å². The molecule has 0 atom stereocenters. The maximum Gasteiger partial charge on any atom is 0.163 e. The lowest BCUT2D eigenvalue weighted by atomic mass is 9.87. The number of benzene rings is 1. The molecule has 1 aromatic heterocycles. The van der Waals surface area contributed by atoms with Gasteiger partial charge in [-0.05, 0) is 37.0 Å². The zero-order chi connectivity index (χ0) is 15.6. The third kappa shape index (κ3) is 3.41. The number of halogens is 1. The van der Waals surface area contributed by atoms with Gasteiger partial charge in [-0.3, -0.25) is 0 Å². The molecule has 4 heteroatoms. The standard InChI is InChI=1S/C17H22ClNO2/c1-6-20-14-9-11-8-12(17(3,4)5)16(18)19-13(11)10-15(14)21-7-2/h8-10H,6-7H2,1-5H3. The summed E-state index contributed by atoms with van der Waals surface area (Å²) in [5, 5.41) is 1.55. The average Bonchev–Trinajstić information content (AvgIpc) is 2.38. The molecule has 0 spiro atoms. The number of hydrogen-bond donors (Lipinski definition) is 0. The first-order chi connectivity index (χ1) is 9.86. The van der Waals surface area contributed by atoms with Gasteiger partial charge in [0.15, 0.2) is 11.5 Å². The van der Waals surface area contributed by atoms with Crippen molar-refractivity contribution in [2.45, 2.75) is 40.0 Å². The molecule has 0 unspecified atom stereocenters. The smallest absolute Gasteiger partial charge is 0.163 e. The molecule has 0 fully saturated rings. The summed E-state index contributed by atoms with van der Waals surface area (Å²) in [6.07, 6.45) is 0. The Hall–Kier alpha value is -1.48. The van der Waals surface area contributed by atoms with Gasteiger partial charge in [0.05, 0.1) is 18.7 Å². The van der Waals surface area contributed by atoms with Crippen LogP contribution in [0.2, 0.25) is 5.15 Å². The van der Waals surface area contributed by atoms with Crippen LogP contribution >= 0.6 is 11.6 Å². The highest BCUT2D eigenvalue weighted by atomic mass is 35.5. The zero-order valence-electron chi connectivity index (χ0n) is 13.3. The molecular formula is C17H22ClNO2. The van der Waals surface area contributed by atoms with E-state index in [4.69, 9.17) is 21.1 Å². The van der Waals surface area contributed by atoms with E-state index in [1.165, 1.54) is 0 Å². The first-order valence-electron chi connectivity index (χ1n) is 7.27. The van der Waals surface area contributed by atoms with Crippen LogP contribution in [0, 0.1) is 0 Å². The van der Waals surface area contributed by atoms with Gasteiger partial charge in [0.25, 0.3) is 0 Å². The quantitative estimate of drug-likeness (QED) is 0.746. The van der Waals surface area contributed by atoms with Gasteiger partial charge < -0.3 is 9.47 Å². The van der Waals surface area contributed by atoms with Gasteiger partial charge in [-0.2, -0.15) is 0 Å². The summed E-state index contributed by atoms with van der Waals surface area (Å²) in [5.41, 5.74) is 1.80. The monoisotopic (exact) mass is 307 g/mol. The largest absolute Gasteiger partial charge is 0.490 e. The minimum absolute atomic E-state index is 0.0529. The van der Waals surface area contributed by atoms with Crippen molar-refractivity contribution in [3.8, 4) is 11.5 Å². The van der Waals surface area contributed by atoms with Gasteiger partial charge in [-0.25, -0.2) is 4.98 Å². The molecule has 0 bridgehead atoms. The van der Waals surface area contributed by atoms with Gasteiger partial charge in [-0.15, -0.1) is 0 Å². The van der Waals surface area contributed by atoms with E-state index < -0.39 is 0 Å². The van der Waals surface area contributed by atoms with Gasteiger partial charge in [0.1, 0.15) is 5.15 Å². The van der Waals surface area contributed by atoms with Crippen LogP contribution < -0.4 is 9.47 Å². The number of hydrogen-bond acceptors (Lipinski definition) is 3. The zero-order valence-corrected chi connectivity index (χ0v) is 14.0. The summed E-state index contributed by atoms with van der Waals surface area (Å²) in [6.45, 7) is 11.5. The lowest BCUT2D eigenvalue weighted by molar-refractivity contribution is 0.288. The highest BCUT2D eigenvalue weighted by Gasteiger charge is 2.20. The van der Waals surface area contributed by atoms with Gasteiger partial charge >= 0.3 is 0 Å². The predicted molar refractivity (Wildman–Crippen MR) is 87.8 cm³/mol. The fraction of sp³-hybridized carbons (Fsp3) is 0.471. The molecule has 21 heavy (non-hydrogen) atoms. The summed E-state index contributed by atoms with van der Waals surface area (Å²) in [4.78, 5) is 4.52. The highest BCUT2D eigenvalue weighted by Crippen LogP contribution is 2.36. The Morgan fingerprint density at radius 3 is 2.10 bits per heavy atom. The van der Waals surface area contributed by atoms with Crippen molar-refractivity contribution in [2.75, 3.05) is 13.2 Å². The molecule has 0 saturated heterocycles. The molecule has 0 aliphatic heterocycles. The molecule has 3 nitrogen and oxygen atoms in total. The van der Waals surface area contributed by atoms with E-state index in [0.717, 1.165) is 22.2 Å². The Morgan fingerprint density at radius 2 is 1.57 bits per heavy atom. The second-order valence-electron chi connectivity index (χ2n) is 5.93. The average molecular weight is 308 g/mol. The Morgan fingerprint density at radius 1 is 1.00 bits per heavy atom. The van der Waals surface area contributed by atoms with E-state index in [2.05, 4.69) is 31.8 Å². The van der Waals surface area contributed by atoms with Crippen LogP contribution in [-0.2, 0) is 5.41 Å². The number of ether oxygens (including phenoxy) is 2. The maximum absolute atomic E-state index is 6.34. The fourth-order valence-corrected chi connectivity index (χ4v) is 2.65. The molecular weight excluding hydrogens is 286 g/mol. The normalized spacial score (nSPS) is 11.7. The first kappa shape index (κ1) is 15.9. The van der Waals surface area contributed by atoms with Crippen molar-refractivity contribution in [1.29, 1.82) is 0 Å². The molecule has 0 aliphatic rings. The number of aromatic nitrogens is 1. The molecule has 2 rings (SSSR count). The molecule has 0 amide bonds. The highest BCUT2D eigenvalue weighted by molar-refractivity contribution is 6.30. The minimum atomic E-state index is -0.0529. The predicted octanol–water partition coefficient (Wildman–Crippen LogP) is 4.98. The van der Waals surface area contributed by atoms with E-state index in [1.807, 2.05) is 26.0 Å². The molecule has 2 aromatic rings. The summed E-state index contributed by atoms with van der Waals surface area (Å²) in [5.74, 6) is 1.45. The van der Waals surface area contributed by atoms with Crippen LogP contribution in [-0.4, -0.2) is 18.2 Å². The molecule has 0 saturated carbocycles. The van der Waals surface area contributed by atoms with Gasteiger partial charge in [0, 0.05) is 11.5 Å². The Labute approximate surface area is 131 Å². The first-order valence-corrected chi connectivity index (χ1v) is 7.65. The van der Waals surface area contributed by atoms with Crippen molar-refractivity contribution in [3.63, 3.8) is 0 Å². The van der Waals surface area contributed by atoms with Crippen molar-refractivity contribution in [1.82, 2.24) is 4.98 Å². The van der Waals surface area contributed by atoms with E-state index in [0.29, 0.717) is 24.1 Å². The second-order valence-corrected chi connectivity index (χ2v) is 6.29. The maximum atomic E-state index is 6.34. The second kappa shape index (κ2) is 6.10. The van der Waals surface area contributed by atoms with Crippen molar-refractivity contribution in [3.05, 3.63) is 28.9 Å². The lowest BCUT2D eigenvalue weighted by Gasteiger charge is -2.21. The number of nitrogens with zero attached hydrogens (tertiary/aromatic N) is 1. The van der Waals surface area contributed by atoms with Crippen LogP contribution in [0.25, 0.3) is 10.9 Å². The Balaban J connectivity index is 2.64. The van der Waals surface area contributed by atoms with Crippen LogP contribution in [0.5, 0.6) is 11.5 Å². The van der Waals surface area contributed by atoms with E-state index >= 15 is 0 Å². The summed E-state index contributed by atoms with van der Waals surface area (Å²) in [7, 11) is 0. The topological polar surface area (TPSA) is 31.4 Å². The van der Waals surface area contributed by atoms with E-state index in [1.54, 1.807) is 0 Å². The molecule has 0 N–H and O–H groups in total. The van der Waals surface area contributed by atoms with Crippen molar-refractivity contribution in [2.24, 2.45) is 0 Å². The number of rotatable bonds is 4.